The molecule has 6 nitrogen and oxygen atoms in total. The number of carbonyl (C=O) groups is 1. The first-order valence-corrected chi connectivity index (χ1v) is 8.63. The highest BCUT2D eigenvalue weighted by Gasteiger charge is 2.18. The normalized spacial score (nSPS) is 17.3. The van der Waals surface area contributed by atoms with Crippen molar-refractivity contribution < 1.29 is 13.2 Å². The molecule has 0 aromatic heterocycles. The van der Waals surface area contributed by atoms with Gasteiger partial charge in [0.15, 0.2) is 0 Å². The van der Waals surface area contributed by atoms with Crippen LogP contribution in [0, 0.1) is 5.92 Å². The molecule has 0 aliphatic carbocycles. The van der Waals surface area contributed by atoms with Crippen molar-refractivity contribution in [1.82, 2.24) is 15.4 Å². The fourth-order valence-corrected chi connectivity index (χ4v) is 3.21. The zero-order valence-corrected chi connectivity index (χ0v) is 12.4. The Hall–Kier alpha value is -0.660. The van der Waals surface area contributed by atoms with Crippen molar-refractivity contribution in [2.24, 2.45) is 5.92 Å². The lowest BCUT2D eigenvalue weighted by molar-refractivity contribution is -0.119. The molecule has 0 unspecified atom stereocenters. The van der Waals surface area contributed by atoms with Crippen LogP contribution in [-0.4, -0.2) is 46.3 Å². The Kier molecular flexibility index (Phi) is 7.33. The predicted octanol–water partition coefficient (Wildman–Crippen LogP) is -0.178. The highest BCUT2D eigenvalue weighted by atomic mass is 32.2. The van der Waals surface area contributed by atoms with Gasteiger partial charge in [-0.2, -0.15) is 0 Å². The van der Waals surface area contributed by atoms with Crippen molar-refractivity contribution in [2.75, 3.05) is 31.9 Å². The van der Waals surface area contributed by atoms with E-state index in [1.165, 1.54) is 0 Å². The summed E-state index contributed by atoms with van der Waals surface area (Å²) >= 11 is 0. The largest absolute Gasteiger partial charge is 0.355 e. The molecule has 7 heteroatoms. The molecule has 0 saturated carbocycles. The van der Waals surface area contributed by atoms with Gasteiger partial charge < -0.3 is 10.6 Å². The Bertz CT molecular complexity index is 364. The first-order valence-electron chi connectivity index (χ1n) is 6.98. The van der Waals surface area contributed by atoms with Gasteiger partial charge in [-0.05, 0) is 44.7 Å². The monoisotopic (exact) mass is 291 g/mol. The molecule has 0 spiro atoms. The van der Waals surface area contributed by atoms with E-state index in [1.807, 2.05) is 6.92 Å². The Morgan fingerprint density at radius 3 is 2.63 bits per heavy atom. The smallest absolute Gasteiger partial charge is 0.235 e. The molecule has 0 atom stereocenters. The SMILES string of the molecule is CCCNC(=O)CNS(=O)(=O)CCC1CCNCC1. The molecule has 3 N–H and O–H groups in total. The highest BCUT2D eigenvalue weighted by Crippen LogP contribution is 2.16. The van der Waals surface area contributed by atoms with Crippen LogP contribution < -0.4 is 15.4 Å². The summed E-state index contributed by atoms with van der Waals surface area (Å²) in [6.07, 6.45) is 3.58. The second-order valence-corrected chi connectivity index (χ2v) is 6.90. The van der Waals surface area contributed by atoms with E-state index >= 15 is 0 Å². The van der Waals surface area contributed by atoms with Crippen LogP contribution in [0.25, 0.3) is 0 Å². The maximum Gasteiger partial charge on any atom is 0.235 e. The second-order valence-electron chi connectivity index (χ2n) is 4.97. The third-order valence-electron chi connectivity index (χ3n) is 3.28. The lowest BCUT2D eigenvalue weighted by Gasteiger charge is -2.22. The molecule has 0 bridgehead atoms. The minimum Gasteiger partial charge on any atom is -0.355 e. The van der Waals surface area contributed by atoms with Crippen LogP contribution in [0.5, 0.6) is 0 Å². The molecular weight excluding hydrogens is 266 g/mol. The molecule has 0 aromatic carbocycles. The van der Waals surface area contributed by atoms with E-state index in [4.69, 9.17) is 0 Å². The minimum atomic E-state index is -3.33. The Balaban J connectivity index is 2.21. The summed E-state index contributed by atoms with van der Waals surface area (Å²) in [7, 11) is -3.33. The average Bonchev–Trinajstić information content (AvgIpc) is 2.42. The Morgan fingerprint density at radius 1 is 1.32 bits per heavy atom. The van der Waals surface area contributed by atoms with Crippen LogP contribution in [0.3, 0.4) is 0 Å². The van der Waals surface area contributed by atoms with Gasteiger partial charge in [0.25, 0.3) is 0 Å². The molecule has 1 heterocycles. The van der Waals surface area contributed by atoms with Crippen LogP contribution in [0.15, 0.2) is 0 Å². The molecule has 19 heavy (non-hydrogen) atoms. The number of rotatable bonds is 8. The van der Waals surface area contributed by atoms with Crippen molar-refractivity contribution >= 4 is 15.9 Å². The topological polar surface area (TPSA) is 87.3 Å². The van der Waals surface area contributed by atoms with Gasteiger partial charge in [-0.3, -0.25) is 4.79 Å². The maximum absolute atomic E-state index is 11.7. The molecule has 1 aliphatic heterocycles. The van der Waals surface area contributed by atoms with E-state index in [-0.39, 0.29) is 18.2 Å². The van der Waals surface area contributed by atoms with Crippen LogP contribution in [0.2, 0.25) is 0 Å². The number of carbonyl (C=O) groups excluding carboxylic acids is 1. The summed E-state index contributed by atoms with van der Waals surface area (Å²) < 4.78 is 25.8. The van der Waals surface area contributed by atoms with Crippen LogP contribution >= 0.6 is 0 Å². The number of hydrogen-bond donors (Lipinski definition) is 3. The van der Waals surface area contributed by atoms with Crippen molar-refractivity contribution in [3.63, 3.8) is 0 Å². The number of amides is 1. The summed E-state index contributed by atoms with van der Waals surface area (Å²) in [5, 5.41) is 5.89. The van der Waals surface area contributed by atoms with Gasteiger partial charge in [0.2, 0.25) is 15.9 Å². The van der Waals surface area contributed by atoms with E-state index < -0.39 is 10.0 Å². The van der Waals surface area contributed by atoms with Crippen molar-refractivity contribution in [3.05, 3.63) is 0 Å². The Labute approximate surface area is 115 Å². The highest BCUT2D eigenvalue weighted by molar-refractivity contribution is 7.89. The first-order chi connectivity index (χ1) is 9.03. The van der Waals surface area contributed by atoms with Crippen LogP contribution in [0.1, 0.15) is 32.6 Å². The van der Waals surface area contributed by atoms with E-state index in [0.717, 1.165) is 32.4 Å². The number of piperidine rings is 1. The third-order valence-corrected chi connectivity index (χ3v) is 4.64. The summed E-state index contributed by atoms with van der Waals surface area (Å²) in [6.45, 7) is 4.31. The number of sulfonamides is 1. The number of hydrogen-bond acceptors (Lipinski definition) is 4. The fraction of sp³-hybridized carbons (Fsp3) is 0.917. The molecule has 1 aliphatic rings. The summed E-state index contributed by atoms with van der Waals surface area (Å²) in [4.78, 5) is 11.3. The molecule has 0 radical (unpaired) electrons. The predicted molar refractivity (Wildman–Crippen MR) is 75.3 cm³/mol. The van der Waals surface area contributed by atoms with Crippen LogP contribution in [0.4, 0.5) is 0 Å². The van der Waals surface area contributed by atoms with E-state index in [2.05, 4.69) is 15.4 Å². The quantitative estimate of drug-likeness (QED) is 0.579. The molecule has 1 fully saturated rings. The standard InChI is InChI=1S/C12H25N3O3S/c1-2-6-14-12(16)10-15-19(17,18)9-5-11-3-7-13-8-4-11/h11,13,15H,2-10H2,1H3,(H,14,16). The summed E-state index contributed by atoms with van der Waals surface area (Å²) in [6, 6.07) is 0. The average molecular weight is 291 g/mol. The van der Waals surface area contributed by atoms with Gasteiger partial charge in [-0.15, -0.1) is 0 Å². The lowest BCUT2D eigenvalue weighted by Crippen LogP contribution is -2.38. The first kappa shape index (κ1) is 16.4. The van der Waals surface area contributed by atoms with Gasteiger partial charge >= 0.3 is 0 Å². The van der Waals surface area contributed by atoms with Gasteiger partial charge in [-0.25, -0.2) is 13.1 Å². The fourth-order valence-electron chi connectivity index (χ4n) is 2.07. The molecule has 112 valence electrons. The van der Waals surface area contributed by atoms with E-state index in [0.29, 0.717) is 18.9 Å². The van der Waals surface area contributed by atoms with Crippen molar-refractivity contribution in [3.8, 4) is 0 Å². The minimum absolute atomic E-state index is 0.110. The van der Waals surface area contributed by atoms with E-state index in [9.17, 15) is 13.2 Å². The molecule has 0 aromatic rings. The maximum atomic E-state index is 11.7. The molecule has 1 rings (SSSR count). The van der Waals surface area contributed by atoms with Gasteiger partial charge in [0.05, 0.1) is 12.3 Å². The third kappa shape index (κ3) is 7.49. The zero-order valence-electron chi connectivity index (χ0n) is 11.6. The van der Waals surface area contributed by atoms with E-state index in [1.54, 1.807) is 0 Å². The van der Waals surface area contributed by atoms with Gasteiger partial charge in [0.1, 0.15) is 0 Å². The van der Waals surface area contributed by atoms with Crippen molar-refractivity contribution in [1.29, 1.82) is 0 Å². The van der Waals surface area contributed by atoms with Crippen LogP contribution in [-0.2, 0) is 14.8 Å². The zero-order chi connectivity index (χ0) is 14.1. The van der Waals surface area contributed by atoms with Gasteiger partial charge in [-0.1, -0.05) is 6.92 Å². The van der Waals surface area contributed by atoms with Gasteiger partial charge in [0, 0.05) is 6.54 Å². The Morgan fingerprint density at radius 2 is 2.00 bits per heavy atom. The molecule has 1 saturated heterocycles. The molecular formula is C12H25N3O3S. The molecule has 1 amide bonds. The number of nitrogens with one attached hydrogen (secondary N) is 3. The summed E-state index contributed by atoms with van der Waals surface area (Å²) in [5.74, 6) is 0.317. The van der Waals surface area contributed by atoms with Crippen molar-refractivity contribution in [2.45, 2.75) is 32.6 Å². The lowest BCUT2D eigenvalue weighted by atomic mass is 9.96. The second kappa shape index (κ2) is 8.50. The summed E-state index contributed by atoms with van der Waals surface area (Å²) in [5.41, 5.74) is 0.